The second kappa shape index (κ2) is 15.8. The molecule has 1 aliphatic rings. The topological polar surface area (TPSA) is 22.1 Å². The summed E-state index contributed by atoms with van der Waals surface area (Å²) in [5.74, 6) is 2.01. The van der Waals surface area contributed by atoms with Crippen LogP contribution in [0.2, 0.25) is 0 Å². The number of para-hydroxylation sites is 1. The van der Waals surface area contributed by atoms with Crippen LogP contribution in [0.15, 0.2) is 54.6 Å². The number of fused-ring (bicyclic) bond motifs is 1. The first-order valence-electron chi connectivity index (χ1n) is 15.5. The Morgan fingerprint density at radius 3 is 2.27 bits per heavy atom. The van der Waals surface area contributed by atoms with Crippen molar-refractivity contribution in [3.63, 3.8) is 0 Å². The van der Waals surface area contributed by atoms with E-state index in [1.54, 1.807) is 0 Å². The molecule has 0 aliphatic heterocycles. The van der Waals surface area contributed by atoms with E-state index in [9.17, 15) is 0 Å². The van der Waals surface area contributed by atoms with Crippen LogP contribution in [0.25, 0.3) is 22.2 Å². The fourth-order valence-electron chi connectivity index (χ4n) is 5.94. The van der Waals surface area contributed by atoms with E-state index in [-0.39, 0.29) is 0 Å². The fourth-order valence-corrected chi connectivity index (χ4v) is 5.94. The largest absolute Gasteiger partial charge is 0.494 e. The molecule has 0 N–H and O–H groups in total. The summed E-state index contributed by atoms with van der Waals surface area (Å²) >= 11 is 0. The summed E-state index contributed by atoms with van der Waals surface area (Å²) in [4.78, 5) is 5.10. The maximum atomic E-state index is 6.03. The highest BCUT2D eigenvalue weighted by atomic mass is 16.5. The molecule has 3 aromatic rings. The first-order valence-corrected chi connectivity index (χ1v) is 15.5. The smallest absolute Gasteiger partial charge is 0.119 e. The number of rotatable bonds is 17. The molecular formula is C35H49NO. The number of pyridine rings is 1. The van der Waals surface area contributed by atoms with E-state index in [0.717, 1.165) is 47.9 Å². The van der Waals surface area contributed by atoms with Gasteiger partial charge in [0, 0.05) is 10.9 Å². The highest BCUT2D eigenvalue weighted by Gasteiger charge is 2.13. The number of unbranched alkanes of at least 4 members (excludes halogenated alkanes) is 9. The van der Waals surface area contributed by atoms with Crippen LogP contribution >= 0.6 is 0 Å². The molecule has 0 radical (unpaired) electrons. The minimum Gasteiger partial charge on any atom is -0.494 e. The Balaban J connectivity index is 1.21. The molecule has 0 amide bonds. The van der Waals surface area contributed by atoms with Crippen LogP contribution in [-0.4, -0.2) is 11.6 Å². The molecule has 2 heteroatoms. The summed E-state index contributed by atoms with van der Waals surface area (Å²) < 4.78 is 6.03. The Bertz CT molecular complexity index is 1030. The first-order chi connectivity index (χ1) is 18.3. The average Bonchev–Trinajstić information content (AvgIpc) is 3.46. The maximum absolute atomic E-state index is 6.03. The minimum atomic E-state index is 0.817. The standard InChI is InChI=1S/C35H49NO/c1-2-3-4-5-8-11-19-31-20-15-21-32-24-27-34(36-35(31)32)30-22-25-33(26-23-30)37-28-14-9-6-7-10-16-29-17-12-13-18-29/h15,20-27,29H,2-14,16-19,28H2,1H3. The molecule has 1 heterocycles. The normalized spacial score (nSPS) is 14.0. The number of ether oxygens (including phenoxy) is 1. The van der Waals surface area contributed by atoms with Crippen molar-refractivity contribution in [2.75, 3.05) is 6.61 Å². The molecule has 0 unspecified atom stereocenters. The molecule has 2 aromatic carbocycles. The van der Waals surface area contributed by atoms with Gasteiger partial charge >= 0.3 is 0 Å². The third-order valence-corrected chi connectivity index (χ3v) is 8.25. The lowest BCUT2D eigenvalue weighted by Crippen LogP contribution is -1.98. The van der Waals surface area contributed by atoms with Crippen molar-refractivity contribution in [3.8, 4) is 17.0 Å². The fraction of sp³-hybridized carbons (Fsp3) is 0.571. The number of hydrogen-bond donors (Lipinski definition) is 0. The van der Waals surface area contributed by atoms with Crippen LogP contribution in [0, 0.1) is 5.92 Å². The SMILES string of the molecule is CCCCCCCCc1cccc2ccc(-c3ccc(OCCCCCCCC4CCCC4)cc3)nc12. The van der Waals surface area contributed by atoms with E-state index in [2.05, 4.69) is 61.5 Å². The van der Waals surface area contributed by atoms with Crippen molar-refractivity contribution in [2.24, 2.45) is 5.92 Å². The number of nitrogens with zero attached hydrogens (tertiary/aromatic N) is 1. The van der Waals surface area contributed by atoms with Crippen LogP contribution in [0.1, 0.15) is 115 Å². The summed E-state index contributed by atoms with van der Waals surface area (Å²) in [6.07, 6.45) is 23.1. The van der Waals surface area contributed by atoms with Gasteiger partial charge in [0.2, 0.25) is 0 Å². The van der Waals surface area contributed by atoms with Gasteiger partial charge in [-0.05, 0) is 61.1 Å². The second-order valence-electron chi connectivity index (χ2n) is 11.3. The molecule has 1 aromatic heterocycles. The molecule has 0 atom stereocenters. The number of benzene rings is 2. The zero-order valence-corrected chi connectivity index (χ0v) is 23.4. The number of aryl methyl sites for hydroxylation is 1. The summed E-state index contributed by atoms with van der Waals surface area (Å²) in [6, 6.07) is 19.5. The molecule has 1 aliphatic carbocycles. The maximum Gasteiger partial charge on any atom is 0.119 e. The molecule has 2 nitrogen and oxygen atoms in total. The van der Waals surface area contributed by atoms with Crippen molar-refractivity contribution in [3.05, 3.63) is 60.2 Å². The predicted molar refractivity (Wildman–Crippen MR) is 159 cm³/mol. The van der Waals surface area contributed by atoms with Gasteiger partial charge in [-0.3, -0.25) is 0 Å². The number of hydrogen-bond acceptors (Lipinski definition) is 2. The van der Waals surface area contributed by atoms with Gasteiger partial charge in [-0.25, -0.2) is 4.98 Å². The summed E-state index contributed by atoms with van der Waals surface area (Å²) in [5.41, 5.74) is 4.75. The van der Waals surface area contributed by atoms with Crippen LogP contribution in [0.3, 0.4) is 0 Å². The van der Waals surface area contributed by atoms with Crippen LogP contribution in [0.5, 0.6) is 5.75 Å². The van der Waals surface area contributed by atoms with Crippen molar-refractivity contribution >= 4 is 10.9 Å². The van der Waals surface area contributed by atoms with Crippen LogP contribution in [0.4, 0.5) is 0 Å². The van der Waals surface area contributed by atoms with Gasteiger partial charge in [0.25, 0.3) is 0 Å². The summed E-state index contributed by atoms with van der Waals surface area (Å²) in [6.45, 7) is 3.10. The highest BCUT2D eigenvalue weighted by Crippen LogP contribution is 2.29. The quantitative estimate of drug-likeness (QED) is 0.172. The van der Waals surface area contributed by atoms with Gasteiger partial charge in [0.05, 0.1) is 17.8 Å². The van der Waals surface area contributed by atoms with E-state index in [1.807, 2.05) is 0 Å². The van der Waals surface area contributed by atoms with Gasteiger partial charge in [-0.1, -0.05) is 121 Å². The molecule has 0 spiro atoms. The summed E-state index contributed by atoms with van der Waals surface area (Å²) in [7, 11) is 0. The van der Waals surface area contributed by atoms with E-state index >= 15 is 0 Å². The van der Waals surface area contributed by atoms with Crippen molar-refractivity contribution in [1.82, 2.24) is 4.98 Å². The zero-order valence-electron chi connectivity index (χ0n) is 23.4. The molecule has 4 rings (SSSR count). The van der Waals surface area contributed by atoms with Gasteiger partial charge in [-0.15, -0.1) is 0 Å². The molecule has 37 heavy (non-hydrogen) atoms. The lowest BCUT2D eigenvalue weighted by molar-refractivity contribution is 0.304. The van der Waals surface area contributed by atoms with Gasteiger partial charge in [-0.2, -0.15) is 0 Å². The molecule has 1 fully saturated rings. The highest BCUT2D eigenvalue weighted by molar-refractivity contribution is 5.84. The van der Waals surface area contributed by atoms with Crippen molar-refractivity contribution < 1.29 is 4.74 Å². The lowest BCUT2D eigenvalue weighted by atomic mass is 9.99. The van der Waals surface area contributed by atoms with Gasteiger partial charge in [0.1, 0.15) is 5.75 Å². The van der Waals surface area contributed by atoms with E-state index in [4.69, 9.17) is 9.72 Å². The summed E-state index contributed by atoms with van der Waals surface area (Å²) in [5, 5.41) is 1.24. The molecular weight excluding hydrogens is 450 g/mol. The Morgan fingerprint density at radius 2 is 1.46 bits per heavy atom. The minimum absolute atomic E-state index is 0.817. The first kappa shape index (κ1) is 27.7. The zero-order chi connectivity index (χ0) is 25.5. The van der Waals surface area contributed by atoms with Gasteiger partial charge in [0.15, 0.2) is 0 Å². The Hall–Kier alpha value is -2.35. The third kappa shape index (κ3) is 9.16. The predicted octanol–water partition coefficient (Wildman–Crippen LogP) is 10.7. The van der Waals surface area contributed by atoms with Gasteiger partial charge < -0.3 is 4.74 Å². The average molecular weight is 500 g/mol. The van der Waals surface area contributed by atoms with Crippen LogP contribution in [-0.2, 0) is 6.42 Å². The molecule has 0 bridgehead atoms. The molecule has 1 saturated carbocycles. The molecule has 0 saturated heterocycles. The Morgan fingerprint density at radius 1 is 0.730 bits per heavy atom. The lowest BCUT2D eigenvalue weighted by Gasteiger charge is -2.10. The second-order valence-corrected chi connectivity index (χ2v) is 11.3. The molecule has 200 valence electrons. The van der Waals surface area contributed by atoms with E-state index in [0.29, 0.717) is 0 Å². The van der Waals surface area contributed by atoms with E-state index < -0.39 is 0 Å². The van der Waals surface area contributed by atoms with Crippen molar-refractivity contribution in [1.29, 1.82) is 0 Å². The Labute approximate surface area is 226 Å². The Kier molecular flexibility index (Phi) is 11.8. The monoisotopic (exact) mass is 499 g/mol. The van der Waals surface area contributed by atoms with E-state index in [1.165, 1.54) is 107 Å². The third-order valence-electron chi connectivity index (χ3n) is 8.25. The van der Waals surface area contributed by atoms with Crippen LogP contribution < -0.4 is 4.74 Å². The van der Waals surface area contributed by atoms with Crippen molar-refractivity contribution in [2.45, 2.75) is 116 Å². The number of aromatic nitrogens is 1.